The number of aromatic nitrogens is 3. The fraction of sp³-hybridized carbons (Fsp3) is 0.103. The molecule has 2 heterocycles. The molecule has 0 spiro atoms. The summed E-state index contributed by atoms with van der Waals surface area (Å²) in [6.45, 7) is 1.93. The van der Waals surface area contributed by atoms with Gasteiger partial charge in [0.1, 0.15) is 0 Å². The van der Waals surface area contributed by atoms with Crippen molar-refractivity contribution in [3.05, 3.63) is 130 Å². The van der Waals surface area contributed by atoms with Crippen molar-refractivity contribution in [3.63, 3.8) is 0 Å². The molecule has 1 aliphatic rings. The standard InChI is InChI=1S/C29H24N4O2S2/c1-21-12-14-24(15-13-21)37(34,35)33(23-10-6-3-7-11-23)28-25-16-17-29(18-26(25)31-32-28,27-19-36-20-30-27)22-8-4-2-5-9-22/h2-17,19-20H,18H2,1H3,(H,31,32). The maximum atomic E-state index is 14.0. The van der Waals surface area contributed by atoms with Crippen LogP contribution in [-0.4, -0.2) is 23.6 Å². The van der Waals surface area contributed by atoms with Crippen molar-refractivity contribution in [1.82, 2.24) is 15.2 Å². The molecule has 184 valence electrons. The van der Waals surface area contributed by atoms with Crippen molar-refractivity contribution in [1.29, 1.82) is 0 Å². The first-order chi connectivity index (χ1) is 18.0. The van der Waals surface area contributed by atoms with Gasteiger partial charge in [-0.25, -0.2) is 17.7 Å². The van der Waals surface area contributed by atoms with Gasteiger partial charge in [-0.3, -0.25) is 5.10 Å². The molecule has 37 heavy (non-hydrogen) atoms. The molecule has 3 aromatic carbocycles. The van der Waals surface area contributed by atoms with Gasteiger partial charge in [0.15, 0.2) is 5.82 Å². The average Bonchev–Trinajstić information content (AvgIpc) is 3.61. The number of sulfonamides is 1. The number of hydrogen-bond acceptors (Lipinski definition) is 5. The third kappa shape index (κ3) is 3.98. The second kappa shape index (κ2) is 9.14. The van der Waals surface area contributed by atoms with Crippen molar-refractivity contribution in [2.45, 2.75) is 23.7 Å². The Morgan fingerprint density at radius 3 is 2.32 bits per heavy atom. The molecule has 0 amide bonds. The Bertz CT molecular complexity index is 1660. The predicted molar refractivity (Wildman–Crippen MR) is 148 cm³/mol. The summed E-state index contributed by atoms with van der Waals surface area (Å²) >= 11 is 1.56. The van der Waals surface area contributed by atoms with E-state index >= 15 is 0 Å². The minimum absolute atomic E-state index is 0.208. The third-order valence-electron chi connectivity index (χ3n) is 6.77. The van der Waals surface area contributed by atoms with Crippen LogP contribution in [0.3, 0.4) is 0 Å². The first-order valence-electron chi connectivity index (χ1n) is 11.9. The molecular formula is C29H24N4O2S2. The average molecular weight is 525 g/mol. The Balaban J connectivity index is 1.50. The number of hydrogen-bond donors (Lipinski definition) is 1. The van der Waals surface area contributed by atoms with E-state index in [2.05, 4.69) is 38.8 Å². The third-order valence-corrected chi connectivity index (χ3v) is 9.09. The van der Waals surface area contributed by atoms with E-state index in [9.17, 15) is 8.42 Å². The number of para-hydroxylation sites is 1. The van der Waals surface area contributed by atoms with Gasteiger partial charge in [0.2, 0.25) is 0 Å². The zero-order valence-corrected chi connectivity index (χ0v) is 21.7. The first kappa shape index (κ1) is 23.4. The first-order valence-corrected chi connectivity index (χ1v) is 14.2. The van der Waals surface area contributed by atoms with E-state index in [1.165, 1.54) is 4.31 Å². The number of rotatable bonds is 6. The Morgan fingerprint density at radius 1 is 0.946 bits per heavy atom. The lowest BCUT2D eigenvalue weighted by molar-refractivity contribution is 0.595. The summed E-state index contributed by atoms with van der Waals surface area (Å²) in [7, 11) is -3.95. The fourth-order valence-corrected chi connectivity index (χ4v) is 6.94. The predicted octanol–water partition coefficient (Wildman–Crippen LogP) is 6.26. The molecule has 1 aliphatic carbocycles. The number of benzene rings is 3. The smallest absolute Gasteiger partial charge is 0.269 e. The molecular weight excluding hydrogens is 500 g/mol. The van der Waals surface area contributed by atoms with Gasteiger partial charge >= 0.3 is 0 Å². The largest absolute Gasteiger partial charge is 0.280 e. The molecule has 6 nitrogen and oxygen atoms in total. The van der Waals surface area contributed by atoms with Gasteiger partial charge in [0.05, 0.1) is 27.2 Å². The van der Waals surface area contributed by atoms with Crippen LogP contribution in [0.25, 0.3) is 6.08 Å². The van der Waals surface area contributed by atoms with Crippen molar-refractivity contribution >= 4 is 38.9 Å². The molecule has 0 bridgehead atoms. The van der Waals surface area contributed by atoms with E-state index in [1.54, 1.807) is 47.7 Å². The molecule has 1 N–H and O–H groups in total. The van der Waals surface area contributed by atoms with Gasteiger partial charge in [-0.2, -0.15) is 5.10 Å². The number of fused-ring (bicyclic) bond motifs is 1. The van der Waals surface area contributed by atoms with Crippen LogP contribution in [0.2, 0.25) is 0 Å². The van der Waals surface area contributed by atoms with E-state index in [1.807, 2.05) is 54.9 Å². The van der Waals surface area contributed by atoms with Crippen LogP contribution in [0.4, 0.5) is 11.5 Å². The molecule has 6 rings (SSSR count). The fourth-order valence-electron chi connectivity index (χ4n) is 4.85. The maximum Gasteiger partial charge on any atom is 0.269 e. The zero-order valence-electron chi connectivity index (χ0n) is 20.1. The molecule has 1 atom stereocenters. The van der Waals surface area contributed by atoms with Gasteiger partial charge in [-0.05, 0) is 36.8 Å². The number of nitrogens with one attached hydrogen (secondary N) is 1. The van der Waals surface area contributed by atoms with Gasteiger partial charge in [-0.1, -0.05) is 78.4 Å². The minimum atomic E-state index is -3.95. The number of aryl methyl sites for hydroxylation is 1. The van der Waals surface area contributed by atoms with E-state index in [4.69, 9.17) is 0 Å². The quantitative estimate of drug-likeness (QED) is 0.284. The van der Waals surface area contributed by atoms with E-state index in [0.717, 1.165) is 28.1 Å². The normalized spacial score (nSPS) is 16.9. The Morgan fingerprint density at radius 2 is 1.65 bits per heavy atom. The number of H-pyrrole nitrogens is 1. The van der Waals surface area contributed by atoms with Gasteiger partial charge in [-0.15, -0.1) is 11.3 Å². The molecule has 0 aliphatic heterocycles. The van der Waals surface area contributed by atoms with E-state index in [-0.39, 0.29) is 4.90 Å². The number of aromatic amines is 1. The van der Waals surface area contributed by atoms with Crippen LogP contribution in [0.15, 0.2) is 107 Å². The summed E-state index contributed by atoms with van der Waals surface area (Å²) in [4.78, 5) is 4.87. The summed E-state index contributed by atoms with van der Waals surface area (Å²) in [5.41, 5.74) is 6.55. The van der Waals surface area contributed by atoms with Crippen molar-refractivity contribution in [3.8, 4) is 0 Å². The Kier molecular flexibility index (Phi) is 5.78. The lowest BCUT2D eigenvalue weighted by Gasteiger charge is -2.32. The molecule has 0 saturated carbocycles. The van der Waals surface area contributed by atoms with E-state index in [0.29, 0.717) is 17.9 Å². The van der Waals surface area contributed by atoms with Crippen LogP contribution in [-0.2, 0) is 21.9 Å². The summed E-state index contributed by atoms with van der Waals surface area (Å²) in [5.74, 6) is 0.345. The van der Waals surface area contributed by atoms with Crippen LogP contribution >= 0.6 is 11.3 Å². The molecule has 5 aromatic rings. The molecule has 0 saturated heterocycles. The minimum Gasteiger partial charge on any atom is -0.280 e. The molecule has 2 aromatic heterocycles. The monoisotopic (exact) mass is 524 g/mol. The van der Waals surface area contributed by atoms with Crippen molar-refractivity contribution in [2.24, 2.45) is 0 Å². The molecule has 0 fully saturated rings. The highest BCUT2D eigenvalue weighted by Gasteiger charge is 2.40. The summed E-state index contributed by atoms with van der Waals surface area (Å²) in [6, 6.07) is 26.2. The highest BCUT2D eigenvalue weighted by molar-refractivity contribution is 7.93. The summed E-state index contributed by atoms with van der Waals surface area (Å²) < 4.78 is 29.3. The van der Waals surface area contributed by atoms with Crippen LogP contribution in [0.5, 0.6) is 0 Å². The van der Waals surface area contributed by atoms with Crippen molar-refractivity contribution < 1.29 is 8.42 Å². The Hall–Kier alpha value is -4.01. The van der Waals surface area contributed by atoms with Crippen LogP contribution < -0.4 is 4.31 Å². The highest BCUT2D eigenvalue weighted by Crippen LogP contribution is 2.44. The molecule has 0 radical (unpaired) electrons. The molecule has 1 unspecified atom stereocenters. The van der Waals surface area contributed by atoms with E-state index < -0.39 is 15.4 Å². The van der Waals surface area contributed by atoms with Gasteiger partial charge in [0, 0.05) is 23.1 Å². The number of anilines is 2. The SMILES string of the molecule is Cc1ccc(S(=O)(=O)N(c2ccccc2)c2n[nH]c3c2C=CC(c2ccccc2)(c2cscn2)C3)cc1. The number of nitrogens with zero attached hydrogens (tertiary/aromatic N) is 3. The van der Waals surface area contributed by atoms with Gasteiger partial charge in [0.25, 0.3) is 10.0 Å². The second-order valence-corrected chi connectivity index (χ2v) is 11.6. The number of thiazole rings is 1. The topological polar surface area (TPSA) is 79.0 Å². The lowest BCUT2D eigenvalue weighted by Crippen LogP contribution is -2.31. The summed E-state index contributed by atoms with van der Waals surface area (Å²) in [6.07, 6.45) is 4.68. The lowest BCUT2D eigenvalue weighted by atomic mass is 9.71. The molecule has 8 heteroatoms. The number of allylic oxidation sites excluding steroid dienone is 1. The van der Waals surface area contributed by atoms with Crippen molar-refractivity contribution in [2.75, 3.05) is 4.31 Å². The second-order valence-electron chi connectivity index (χ2n) is 9.08. The van der Waals surface area contributed by atoms with Crippen LogP contribution in [0, 0.1) is 6.92 Å². The van der Waals surface area contributed by atoms with Crippen LogP contribution in [0.1, 0.15) is 28.1 Å². The summed E-state index contributed by atoms with van der Waals surface area (Å²) in [5, 5.41) is 9.81. The zero-order chi connectivity index (χ0) is 25.5. The Labute approximate surface area is 220 Å². The van der Waals surface area contributed by atoms with Gasteiger partial charge < -0.3 is 0 Å². The highest BCUT2D eigenvalue weighted by atomic mass is 32.2. The maximum absolute atomic E-state index is 14.0.